The van der Waals surface area contributed by atoms with Crippen molar-refractivity contribution in [2.24, 2.45) is 0 Å². The number of rotatable bonds is 15. The lowest BCUT2D eigenvalue weighted by Crippen LogP contribution is -2.53. The summed E-state index contributed by atoms with van der Waals surface area (Å²) in [5, 5.41) is 0. The Morgan fingerprint density at radius 3 is 1.20 bits per heavy atom. The van der Waals surface area contributed by atoms with Gasteiger partial charge in [0.05, 0.1) is 35.1 Å². The first-order valence-electron chi connectivity index (χ1n) is 18.7. The molecular formula is C38H56N2O12S4. The van der Waals surface area contributed by atoms with Gasteiger partial charge in [-0.3, -0.25) is 0 Å². The molecule has 314 valence electrons. The standard InChI is InChI=1S/C38H56N2O12S4/c1-23-11-15-25(16-12-23)55(41,42)39-27(31-33(51-37(7,8)49-31)29-19-45-35(3,4)47-29)21-53-54-22-28(40-56(43,44)26-17-13-24(2)14-18-26)32-34(52-38(9,10)50-32)30-20-46-36(5,6)48-30/h11-18,27-34,39-40H,19-22H2,1-10H3/t27-,28-,29+,30+,31+,32+,33+,34+/m0/s1. The molecule has 0 bridgehead atoms. The van der Waals surface area contributed by atoms with Crippen LogP contribution in [-0.2, 0) is 57.9 Å². The summed E-state index contributed by atoms with van der Waals surface area (Å²) in [5.41, 5.74) is 1.85. The first-order valence-corrected chi connectivity index (χ1v) is 24.2. The fourth-order valence-corrected chi connectivity index (χ4v) is 12.4. The minimum Gasteiger partial charge on any atom is -0.348 e. The zero-order valence-corrected chi connectivity index (χ0v) is 36.9. The van der Waals surface area contributed by atoms with E-state index in [4.69, 9.17) is 37.9 Å². The van der Waals surface area contributed by atoms with Crippen LogP contribution in [0.5, 0.6) is 0 Å². The minimum absolute atomic E-state index is 0.112. The quantitative estimate of drug-likeness (QED) is 0.181. The van der Waals surface area contributed by atoms with E-state index < -0.39 is 91.9 Å². The van der Waals surface area contributed by atoms with E-state index in [9.17, 15) is 16.8 Å². The molecule has 4 fully saturated rings. The second kappa shape index (κ2) is 16.6. The Bertz CT molecular complexity index is 1750. The molecule has 18 heteroatoms. The smallest absolute Gasteiger partial charge is 0.240 e. The van der Waals surface area contributed by atoms with Crippen LogP contribution in [0, 0.1) is 13.8 Å². The Kier molecular flexibility index (Phi) is 13.1. The van der Waals surface area contributed by atoms with Gasteiger partial charge in [-0.25, -0.2) is 26.3 Å². The molecule has 0 spiro atoms. The fraction of sp³-hybridized carbons (Fsp3) is 0.684. The second-order valence-corrected chi connectivity index (χ2v) is 22.5. The van der Waals surface area contributed by atoms with E-state index in [2.05, 4.69) is 9.44 Å². The number of hydrogen-bond acceptors (Lipinski definition) is 14. The van der Waals surface area contributed by atoms with Gasteiger partial charge in [0.25, 0.3) is 0 Å². The highest BCUT2D eigenvalue weighted by Gasteiger charge is 2.54. The maximum atomic E-state index is 13.9. The molecule has 0 amide bonds. The summed E-state index contributed by atoms with van der Waals surface area (Å²) in [5.74, 6) is -3.35. The third kappa shape index (κ3) is 10.9. The van der Waals surface area contributed by atoms with Gasteiger partial charge in [0, 0.05) is 11.5 Å². The topological polar surface area (TPSA) is 166 Å². The van der Waals surface area contributed by atoms with Crippen LogP contribution in [0.15, 0.2) is 58.3 Å². The van der Waals surface area contributed by atoms with Crippen LogP contribution in [0.2, 0.25) is 0 Å². The highest BCUT2D eigenvalue weighted by atomic mass is 33.1. The summed E-state index contributed by atoms with van der Waals surface area (Å²) in [7, 11) is -5.30. The predicted molar refractivity (Wildman–Crippen MR) is 213 cm³/mol. The predicted octanol–water partition coefficient (Wildman–Crippen LogP) is 5.02. The average Bonchev–Trinajstić information content (AvgIpc) is 3.83. The Morgan fingerprint density at radius 2 is 0.893 bits per heavy atom. The van der Waals surface area contributed by atoms with Gasteiger partial charge < -0.3 is 37.9 Å². The first-order chi connectivity index (χ1) is 25.9. The second-order valence-electron chi connectivity index (χ2n) is 16.5. The molecule has 2 aromatic carbocycles. The van der Waals surface area contributed by atoms with Crippen molar-refractivity contribution in [3.05, 3.63) is 59.7 Å². The van der Waals surface area contributed by atoms with Crippen molar-refractivity contribution < 1.29 is 54.7 Å². The molecule has 6 rings (SSSR count). The van der Waals surface area contributed by atoms with E-state index in [0.717, 1.165) is 11.1 Å². The van der Waals surface area contributed by atoms with Crippen LogP contribution < -0.4 is 9.44 Å². The zero-order valence-electron chi connectivity index (χ0n) is 33.6. The summed E-state index contributed by atoms with van der Waals surface area (Å²) in [6.45, 7) is 18.6. The Morgan fingerprint density at radius 1 is 0.554 bits per heavy atom. The van der Waals surface area contributed by atoms with E-state index in [1.54, 1.807) is 76.2 Å². The lowest BCUT2D eigenvalue weighted by molar-refractivity contribution is -0.174. The van der Waals surface area contributed by atoms with Gasteiger partial charge in [-0.15, -0.1) is 0 Å². The molecule has 14 nitrogen and oxygen atoms in total. The summed E-state index contributed by atoms with van der Waals surface area (Å²) in [6.07, 6.45) is -3.91. The lowest BCUT2D eigenvalue weighted by Gasteiger charge is -2.31. The van der Waals surface area contributed by atoms with Gasteiger partial charge >= 0.3 is 0 Å². The summed E-state index contributed by atoms with van der Waals surface area (Å²) >= 11 is 0. The molecule has 4 saturated heterocycles. The average molecular weight is 861 g/mol. The number of benzene rings is 2. The third-order valence-electron chi connectivity index (χ3n) is 9.77. The molecule has 56 heavy (non-hydrogen) atoms. The molecule has 0 saturated carbocycles. The summed E-state index contributed by atoms with van der Waals surface area (Å²) in [4.78, 5) is 0.224. The van der Waals surface area contributed by atoms with Gasteiger partial charge in [0.2, 0.25) is 20.0 Å². The number of ether oxygens (including phenoxy) is 8. The highest BCUT2D eigenvalue weighted by Crippen LogP contribution is 2.41. The van der Waals surface area contributed by atoms with E-state index in [1.807, 2.05) is 41.5 Å². The molecule has 0 aliphatic carbocycles. The molecule has 0 aromatic heterocycles. The molecule has 4 aliphatic heterocycles. The maximum Gasteiger partial charge on any atom is 0.240 e. The summed E-state index contributed by atoms with van der Waals surface area (Å²) in [6, 6.07) is 11.6. The van der Waals surface area contributed by atoms with Crippen molar-refractivity contribution in [2.45, 2.75) is 151 Å². The molecule has 2 aromatic rings. The van der Waals surface area contributed by atoms with Gasteiger partial charge in [0.15, 0.2) is 23.1 Å². The highest BCUT2D eigenvalue weighted by molar-refractivity contribution is 8.76. The number of hydrogen-bond donors (Lipinski definition) is 2. The van der Waals surface area contributed by atoms with Gasteiger partial charge in [-0.2, -0.15) is 0 Å². The third-order valence-corrected chi connectivity index (χ3v) is 15.3. The van der Waals surface area contributed by atoms with Crippen LogP contribution in [0.25, 0.3) is 0 Å². The lowest BCUT2D eigenvalue weighted by atomic mass is 10.0. The zero-order chi connectivity index (χ0) is 40.9. The molecule has 0 unspecified atom stereocenters. The van der Waals surface area contributed by atoms with Gasteiger partial charge in [0.1, 0.15) is 36.6 Å². The Balaban J connectivity index is 1.25. The van der Waals surface area contributed by atoms with Gasteiger partial charge in [-0.1, -0.05) is 57.0 Å². The molecule has 8 atom stereocenters. The van der Waals surface area contributed by atoms with E-state index >= 15 is 0 Å². The van der Waals surface area contributed by atoms with E-state index in [0.29, 0.717) is 0 Å². The number of aryl methyl sites for hydroxylation is 2. The minimum atomic E-state index is -4.02. The van der Waals surface area contributed by atoms with Crippen LogP contribution >= 0.6 is 21.6 Å². The Labute approximate surface area is 339 Å². The number of nitrogens with one attached hydrogen (secondary N) is 2. The molecule has 0 radical (unpaired) electrons. The molecule has 4 aliphatic rings. The van der Waals surface area contributed by atoms with Crippen molar-refractivity contribution in [1.82, 2.24) is 9.44 Å². The Hall–Kier alpha value is -1.36. The fourth-order valence-electron chi connectivity index (χ4n) is 7.19. The van der Waals surface area contributed by atoms with Gasteiger partial charge in [-0.05, 0) is 93.5 Å². The van der Waals surface area contributed by atoms with Crippen molar-refractivity contribution >= 4 is 41.6 Å². The normalized spacial score (nSPS) is 30.8. The SMILES string of the molecule is Cc1ccc(S(=O)(=O)N[C@@H](CSSC[C@H](NS(=O)(=O)c2ccc(C)cc2)[C@H]2OC(C)(C)O[C@@H]2[C@H]2COC(C)(C)O2)[C@H]2OC(C)(C)O[C@@H]2[C@H]2COC(C)(C)O2)cc1. The van der Waals surface area contributed by atoms with Crippen LogP contribution in [0.1, 0.15) is 66.5 Å². The van der Waals surface area contributed by atoms with E-state index in [1.165, 1.54) is 21.6 Å². The first kappa shape index (κ1) is 44.2. The van der Waals surface area contributed by atoms with Crippen LogP contribution in [-0.4, -0.2) is 113 Å². The van der Waals surface area contributed by atoms with E-state index in [-0.39, 0.29) is 34.5 Å². The monoisotopic (exact) mass is 860 g/mol. The number of sulfonamides is 2. The van der Waals surface area contributed by atoms with Crippen LogP contribution in [0.4, 0.5) is 0 Å². The van der Waals surface area contributed by atoms with Crippen molar-refractivity contribution in [2.75, 3.05) is 24.7 Å². The summed E-state index contributed by atoms with van der Waals surface area (Å²) < 4.78 is 111. The molecule has 4 heterocycles. The van der Waals surface area contributed by atoms with Crippen molar-refractivity contribution in [1.29, 1.82) is 0 Å². The van der Waals surface area contributed by atoms with Crippen molar-refractivity contribution in [3.63, 3.8) is 0 Å². The maximum absolute atomic E-state index is 13.9. The molecule has 2 N–H and O–H groups in total. The van der Waals surface area contributed by atoms with Crippen molar-refractivity contribution in [3.8, 4) is 0 Å². The molecular weight excluding hydrogens is 805 g/mol. The largest absolute Gasteiger partial charge is 0.348 e. The van der Waals surface area contributed by atoms with Crippen LogP contribution in [0.3, 0.4) is 0 Å².